The predicted octanol–water partition coefficient (Wildman–Crippen LogP) is 4.87. The molecule has 2 aromatic heterocycles. The van der Waals surface area contributed by atoms with Crippen molar-refractivity contribution in [2.75, 3.05) is 36.4 Å². The third-order valence-corrected chi connectivity index (χ3v) is 5.98. The Kier molecular flexibility index (Phi) is 6.80. The highest BCUT2D eigenvalue weighted by atomic mass is 16.6. The van der Waals surface area contributed by atoms with Gasteiger partial charge in [0.05, 0.1) is 11.4 Å². The molecule has 0 atom stereocenters. The van der Waals surface area contributed by atoms with Crippen molar-refractivity contribution < 1.29 is 18.7 Å². The predicted molar refractivity (Wildman–Crippen MR) is 137 cm³/mol. The van der Waals surface area contributed by atoms with Gasteiger partial charge in [-0.05, 0) is 77.1 Å². The number of nitrogens with one attached hydrogen (secondary N) is 1. The molecule has 1 aromatic carbocycles. The van der Waals surface area contributed by atoms with Crippen LogP contribution in [0.1, 0.15) is 48.5 Å². The van der Waals surface area contributed by atoms with Crippen molar-refractivity contribution in [3.63, 3.8) is 0 Å². The Labute approximate surface area is 210 Å². The minimum atomic E-state index is -0.526. The molecule has 3 heterocycles. The second-order valence-corrected chi connectivity index (χ2v) is 9.84. The molecule has 9 nitrogen and oxygen atoms in total. The molecule has 0 spiro atoms. The van der Waals surface area contributed by atoms with Gasteiger partial charge in [-0.2, -0.15) is 5.26 Å². The smallest absolute Gasteiger partial charge is 0.410 e. The first-order valence-electron chi connectivity index (χ1n) is 11.9. The standard InChI is InChI=1S/C27H31N5O4/c1-18-6-7-19(2)32(18)23-16-20(30-12-14-31(15-13-30)26(34)36-27(3,4)5)8-10-22(23)29-25(33)24-11-9-21(17-28)35-24/h6-11,16H,12-15H2,1-5H3,(H,29,33). The third-order valence-electron chi connectivity index (χ3n) is 5.98. The summed E-state index contributed by atoms with van der Waals surface area (Å²) in [4.78, 5) is 29.2. The van der Waals surface area contributed by atoms with Gasteiger partial charge in [0.15, 0.2) is 5.76 Å². The van der Waals surface area contributed by atoms with Gasteiger partial charge in [0.2, 0.25) is 5.76 Å². The molecule has 0 radical (unpaired) electrons. The first kappa shape index (κ1) is 24.9. The van der Waals surface area contributed by atoms with Crippen molar-refractivity contribution in [1.82, 2.24) is 9.47 Å². The summed E-state index contributed by atoms with van der Waals surface area (Å²) in [5.41, 5.74) is 3.96. The number of aryl methyl sites for hydroxylation is 2. The van der Waals surface area contributed by atoms with E-state index in [1.165, 1.54) is 12.1 Å². The summed E-state index contributed by atoms with van der Waals surface area (Å²) in [6.07, 6.45) is -0.294. The lowest BCUT2D eigenvalue weighted by atomic mass is 10.1. The molecule has 3 aromatic rings. The minimum absolute atomic E-state index is 0.0702. The molecular weight excluding hydrogens is 458 g/mol. The topological polar surface area (TPSA) is 104 Å². The molecule has 4 rings (SSSR count). The van der Waals surface area contributed by atoms with Gasteiger partial charge in [-0.3, -0.25) is 4.79 Å². The number of piperazine rings is 1. The molecule has 1 aliphatic heterocycles. The molecule has 1 aliphatic rings. The van der Waals surface area contributed by atoms with Crippen LogP contribution in [0.4, 0.5) is 16.2 Å². The summed E-state index contributed by atoms with van der Waals surface area (Å²) in [5.74, 6) is -0.280. The van der Waals surface area contributed by atoms with Crippen LogP contribution in [0.25, 0.3) is 5.69 Å². The average molecular weight is 490 g/mol. The Hall–Kier alpha value is -4.19. The van der Waals surface area contributed by atoms with Crippen LogP contribution in [0.3, 0.4) is 0 Å². The quantitative estimate of drug-likeness (QED) is 0.561. The molecule has 0 saturated carbocycles. The number of nitriles is 1. The zero-order valence-electron chi connectivity index (χ0n) is 21.3. The summed E-state index contributed by atoms with van der Waals surface area (Å²) in [5, 5.41) is 11.9. The van der Waals surface area contributed by atoms with Crippen molar-refractivity contribution in [3.8, 4) is 11.8 Å². The molecule has 0 aliphatic carbocycles. The fourth-order valence-corrected chi connectivity index (χ4v) is 4.23. The van der Waals surface area contributed by atoms with E-state index in [0.29, 0.717) is 31.9 Å². The Morgan fingerprint density at radius 3 is 2.25 bits per heavy atom. The van der Waals surface area contributed by atoms with E-state index in [1.54, 1.807) is 4.90 Å². The van der Waals surface area contributed by atoms with Gasteiger partial charge >= 0.3 is 6.09 Å². The molecule has 1 N–H and O–H groups in total. The van der Waals surface area contributed by atoms with Gasteiger partial charge in [0, 0.05) is 43.3 Å². The molecule has 9 heteroatoms. The summed E-state index contributed by atoms with van der Waals surface area (Å²) in [7, 11) is 0. The molecule has 1 fully saturated rings. The number of hydrogen-bond acceptors (Lipinski definition) is 6. The van der Waals surface area contributed by atoms with Gasteiger partial charge in [-0.15, -0.1) is 0 Å². The number of hydrogen-bond donors (Lipinski definition) is 1. The van der Waals surface area contributed by atoms with Crippen LogP contribution in [0, 0.1) is 25.2 Å². The van der Waals surface area contributed by atoms with Gasteiger partial charge < -0.3 is 28.8 Å². The molecule has 2 amide bonds. The maximum absolute atomic E-state index is 12.8. The third kappa shape index (κ3) is 5.38. The van der Waals surface area contributed by atoms with Crippen LogP contribution in [-0.2, 0) is 4.74 Å². The number of nitrogens with zero attached hydrogens (tertiary/aromatic N) is 4. The maximum atomic E-state index is 12.8. The highest BCUT2D eigenvalue weighted by Crippen LogP contribution is 2.30. The maximum Gasteiger partial charge on any atom is 0.410 e. The molecule has 188 valence electrons. The summed E-state index contributed by atoms with van der Waals surface area (Å²) < 4.78 is 12.9. The number of anilines is 2. The van der Waals surface area contributed by atoms with Crippen LogP contribution in [0.2, 0.25) is 0 Å². The Balaban J connectivity index is 1.58. The van der Waals surface area contributed by atoms with Crippen molar-refractivity contribution >= 4 is 23.4 Å². The van der Waals surface area contributed by atoms with E-state index in [9.17, 15) is 9.59 Å². The lowest BCUT2D eigenvalue weighted by Crippen LogP contribution is -2.50. The molecule has 0 bridgehead atoms. The fraction of sp³-hybridized carbons (Fsp3) is 0.370. The molecule has 36 heavy (non-hydrogen) atoms. The van der Waals surface area contributed by atoms with Crippen molar-refractivity contribution in [1.29, 1.82) is 5.26 Å². The summed E-state index contributed by atoms with van der Waals surface area (Å²) >= 11 is 0. The van der Waals surface area contributed by atoms with E-state index in [4.69, 9.17) is 14.4 Å². The van der Waals surface area contributed by atoms with E-state index in [1.807, 2.05) is 71.0 Å². The largest absolute Gasteiger partial charge is 0.444 e. The Morgan fingerprint density at radius 2 is 1.67 bits per heavy atom. The number of ether oxygens (including phenoxy) is 1. The van der Waals surface area contributed by atoms with Crippen LogP contribution >= 0.6 is 0 Å². The number of rotatable bonds is 4. The number of aromatic nitrogens is 1. The summed E-state index contributed by atoms with van der Waals surface area (Å²) in [6.45, 7) is 12.1. The first-order chi connectivity index (χ1) is 17.1. The molecule has 1 saturated heterocycles. The normalized spacial score (nSPS) is 13.9. The van der Waals surface area contributed by atoms with Crippen LogP contribution in [0.5, 0.6) is 0 Å². The fourth-order valence-electron chi connectivity index (χ4n) is 4.23. The van der Waals surface area contributed by atoms with E-state index in [-0.39, 0.29) is 17.6 Å². The first-order valence-corrected chi connectivity index (χ1v) is 11.9. The SMILES string of the molecule is Cc1ccc(C)n1-c1cc(N2CCN(C(=O)OC(C)(C)C)CC2)ccc1NC(=O)c1ccc(C#N)o1. The molecular formula is C27H31N5O4. The number of carbonyl (C=O) groups excluding carboxylic acids is 2. The number of benzene rings is 1. The van der Waals surface area contributed by atoms with Gasteiger partial charge in [0.1, 0.15) is 11.7 Å². The highest BCUT2D eigenvalue weighted by molar-refractivity contribution is 6.03. The monoisotopic (exact) mass is 489 g/mol. The van der Waals surface area contributed by atoms with Gasteiger partial charge in [-0.1, -0.05) is 0 Å². The van der Waals surface area contributed by atoms with Crippen molar-refractivity contribution in [2.24, 2.45) is 0 Å². The number of carbonyl (C=O) groups is 2. The van der Waals surface area contributed by atoms with E-state index in [0.717, 1.165) is 22.8 Å². The van der Waals surface area contributed by atoms with Gasteiger partial charge in [0.25, 0.3) is 5.91 Å². The zero-order chi connectivity index (χ0) is 26.0. The summed E-state index contributed by atoms with van der Waals surface area (Å²) in [6, 6.07) is 14.8. The lowest BCUT2D eigenvalue weighted by Gasteiger charge is -2.37. The van der Waals surface area contributed by atoms with Gasteiger partial charge in [-0.25, -0.2) is 4.79 Å². The van der Waals surface area contributed by atoms with Crippen LogP contribution in [-0.4, -0.2) is 53.2 Å². The molecule has 0 unspecified atom stereocenters. The second-order valence-electron chi connectivity index (χ2n) is 9.84. The van der Waals surface area contributed by atoms with E-state index < -0.39 is 11.5 Å². The number of furan rings is 1. The Morgan fingerprint density at radius 1 is 1.00 bits per heavy atom. The minimum Gasteiger partial charge on any atom is -0.444 e. The van der Waals surface area contributed by atoms with Crippen molar-refractivity contribution in [2.45, 2.75) is 40.2 Å². The zero-order valence-corrected chi connectivity index (χ0v) is 21.3. The second kappa shape index (κ2) is 9.82. The highest BCUT2D eigenvalue weighted by Gasteiger charge is 2.26. The van der Waals surface area contributed by atoms with Crippen LogP contribution in [0.15, 0.2) is 46.9 Å². The average Bonchev–Trinajstić information content (AvgIpc) is 3.45. The van der Waals surface area contributed by atoms with Crippen molar-refractivity contribution in [3.05, 3.63) is 65.4 Å². The Bertz CT molecular complexity index is 1300. The number of amides is 2. The lowest BCUT2D eigenvalue weighted by molar-refractivity contribution is 0.0240. The van der Waals surface area contributed by atoms with Crippen LogP contribution < -0.4 is 10.2 Å². The van der Waals surface area contributed by atoms with E-state index >= 15 is 0 Å². The van der Waals surface area contributed by atoms with E-state index in [2.05, 4.69) is 14.8 Å².